The standard InChI is InChI=1S/C21H29N3O3/c1-14-7-8-17-15(12-22-18(17)10-14)11-19(25)23-16-6-5-9-24(13-16)20(26)27-21(2,3)4/h7-8,10,12,16,22H,5-6,9,11,13H2,1-4H3,(H,23,25)/t16-/m0/s1. The third-order valence-electron chi connectivity index (χ3n) is 4.71. The first kappa shape index (κ1) is 19.3. The molecule has 2 aromatic rings. The zero-order valence-electron chi connectivity index (χ0n) is 16.6. The van der Waals surface area contributed by atoms with Crippen LogP contribution in [-0.4, -0.2) is 46.6 Å². The monoisotopic (exact) mass is 371 g/mol. The number of amides is 2. The van der Waals surface area contributed by atoms with Gasteiger partial charge in [0, 0.05) is 36.2 Å². The van der Waals surface area contributed by atoms with Crippen LogP contribution in [-0.2, 0) is 16.0 Å². The minimum absolute atomic E-state index is 0.0208. The van der Waals surface area contributed by atoms with Gasteiger partial charge in [-0.05, 0) is 57.7 Å². The van der Waals surface area contributed by atoms with Crippen molar-refractivity contribution in [3.8, 4) is 0 Å². The highest BCUT2D eigenvalue weighted by atomic mass is 16.6. The van der Waals surface area contributed by atoms with Crippen molar-refractivity contribution in [1.29, 1.82) is 0 Å². The van der Waals surface area contributed by atoms with E-state index in [2.05, 4.69) is 28.5 Å². The van der Waals surface area contributed by atoms with Crippen LogP contribution in [0.2, 0.25) is 0 Å². The number of aromatic amines is 1. The maximum atomic E-state index is 12.5. The number of nitrogens with one attached hydrogen (secondary N) is 2. The Hall–Kier alpha value is -2.50. The number of piperidine rings is 1. The summed E-state index contributed by atoms with van der Waals surface area (Å²) in [5.41, 5.74) is 2.71. The molecular weight excluding hydrogens is 342 g/mol. The number of rotatable bonds is 3. The van der Waals surface area contributed by atoms with Crippen LogP contribution in [0.4, 0.5) is 4.79 Å². The third kappa shape index (κ3) is 5.02. The van der Waals surface area contributed by atoms with Gasteiger partial charge in [0.2, 0.25) is 5.91 Å². The van der Waals surface area contributed by atoms with E-state index in [-0.39, 0.29) is 18.0 Å². The first-order valence-electron chi connectivity index (χ1n) is 9.55. The minimum atomic E-state index is -0.513. The van der Waals surface area contributed by atoms with Crippen LogP contribution in [0.25, 0.3) is 10.9 Å². The predicted octanol–water partition coefficient (Wildman–Crippen LogP) is 3.53. The second-order valence-corrected chi connectivity index (χ2v) is 8.37. The molecule has 1 atom stereocenters. The van der Waals surface area contributed by atoms with E-state index in [1.165, 1.54) is 5.56 Å². The van der Waals surface area contributed by atoms with Crippen LogP contribution in [0, 0.1) is 6.92 Å². The molecule has 6 heteroatoms. The molecule has 1 saturated heterocycles. The summed E-state index contributed by atoms with van der Waals surface area (Å²) in [7, 11) is 0. The number of carbonyl (C=O) groups excluding carboxylic acids is 2. The number of nitrogens with zero attached hydrogens (tertiary/aromatic N) is 1. The Kier molecular flexibility index (Phi) is 5.44. The second-order valence-electron chi connectivity index (χ2n) is 8.37. The van der Waals surface area contributed by atoms with Crippen LogP contribution in [0.5, 0.6) is 0 Å². The van der Waals surface area contributed by atoms with E-state index < -0.39 is 5.60 Å². The van der Waals surface area contributed by atoms with Crippen molar-refractivity contribution in [1.82, 2.24) is 15.2 Å². The van der Waals surface area contributed by atoms with Crippen LogP contribution < -0.4 is 5.32 Å². The molecule has 0 saturated carbocycles. The molecule has 1 fully saturated rings. The highest BCUT2D eigenvalue weighted by Gasteiger charge is 2.28. The van der Waals surface area contributed by atoms with Gasteiger partial charge in [-0.15, -0.1) is 0 Å². The lowest BCUT2D eigenvalue weighted by molar-refractivity contribution is -0.121. The van der Waals surface area contributed by atoms with Crippen LogP contribution in [0.3, 0.4) is 0 Å². The molecule has 27 heavy (non-hydrogen) atoms. The Morgan fingerprint density at radius 3 is 2.85 bits per heavy atom. The molecule has 6 nitrogen and oxygen atoms in total. The molecule has 2 N–H and O–H groups in total. The third-order valence-corrected chi connectivity index (χ3v) is 4.71. The van der Waals surface area contributed by atoms with Gasteiger partial charge < -0.3 is 19.9 Å². The zero-order valence-corrected chi connectivity index (χ0v) is 16.6. The van der Waals surface area contributed by atoms with Crippen molar-refractivity contribution >= 4 is 22.9 Å². The Morgan fingerprint density at radius 1 is 1.33 bits per heavy atom. The number of benzene rings is 1. The summed E-state index contributed by atoms with van der Waals surface area (Å²) in [4.78, 5) is 29.7. The van der Waals surface area contributed by atoms with Crippen LogP contribution in [0.15, 0.2) is 24.4 Å². The summed E-state index contributed by atoms with van der Waals surface area (Å²) in [5.74, 6) is -0.0208. The number of H-pyrrole nitrogens is 1. The van der Waals surface area contributed by atoms with E-state index in [0.29, 0.717) is 19.5 Å². The second kappa shape index (κ2) is 7.62. The van der Waals surface area contributed by atoms with Crippen molar-refractivity contribution in [3.63, 3.8) is 0 Å². The van der Waals surface area contributed by atoms with Crippen molar-refractivity contribution < 1.29 is 14.3 Å². The summed E-state index contributed by atoms with van der Waals surface area (Å²) in [6.07, 6.45) is 3.64. The normalized spacial score (nSPS) is 17.8. The molecule has 1 aromatic carbocycles. The largest absolute Gasteiger partial charge is 0.444 e. The molecule has 3 rings (SSSR count). The van der Waals surface area contributed by atoms with Gasteiger partial charge in [-0.25, -0.2) is 4.79 Å². The summed E-state index contributed by atoms with van der Waals surface area (Å²) in [6.45, 7) is 8.79. The first-order valence-corrected chi connectivity index (χ1v) is 9.55. The van der Waals surface area contributed by atoms with Crippen LogP contribution in [0.1, 0.15) is 44.7 Å². The Labute approximate surface area is 160 Å². The summed E-state index contributed by atoms with van der Waals surface area (Å²) >= 11 is 0. The SMILES string of the molecule is Cc1ccc2c(CC(=O)N[C@H]3CCCN(C(=O)OC(C)(C)C)C3)c[nH]c2c1. The van der Waals surface area contributed by atoms with E-state index in [1.54, 1.807) is 4.90 Å². The number of aromatic nitrogens is 1. The maximum absolute atomic E-state index is 12.5. The number of carbonyl (C=O) groups is 2. The van der Waals surface area contributed by atoms with Gasteiger partial charge in [0.25, 0.3) is 0 Å². The molecule has 1 aromatic heterocycles. The number of ether oxygens (including phenoxy) is 1. The van der Waals surface area contributed by atoms with Crippen LogP contribution >= 0.6 is 0 Å². The molecule has 0 aliphatic carbocycles. The lowest BCUT2D eigenvalue weighted by Gasteiger charge is -2.34. The number of aryl methyl sites for hydroxylation is 1. The van der Waals surface area contributed by atoms with Gasteiger partial charge in [-0.2, -0.15) is 0 Å². The van der Waals surface area contributed by atoms with E-state index >= 15 is 0 Å². The number of hydrogen-bond acceptors (Lipinski definition) is 3. The first-order chi connectivity index (χ1) is 12.7. The molecule has 1 aliphatic rings. The molecule has 0 bridgehead atoms. The zero-order chi connectivity index (χ0) is 19.6. The summed E-state index contributed by atoms with van der Waals surface area (Å²) < 4.78 is 5.44. The highest BCUT2D eigenvalue weighted by Crippen LogP contribution is 2.20. The lowest BCUT2D eigenvalue weighted by Crippen LogP contribution is -2.50. The number of fused-ring (bicyclic) bond motifs is 1. The molecular formula is C21H29N3O3. The average molecular weight is 371 g/mol. The van der Waals surface area contributed by atoms with E-state index in [0.717, 1.165) is 29.3 Å². The fraction of sp³-hybridized carbons (Fsp3) is 0.524. The van der Waals surface area contributed by atoms with Gasteiger partial charge in [0.05, 0.1) is 6.42 Å². The average Bonchev–Trinajstić information content (AvgIpc) is 2.95. The van der Waals surface area contributed by atoms with Gasteiger partial charge >= 0.3 is 6.09 Å². The van der Waals surface area contributed by atoms with Gasteiger partial charge in [0.1, 0.15) is 5.60 Å². The fourth-order valence-corrected chi connectivity index (χ4v) is 3.49. The van der Waals surface area contributed by atoms with Gasteiger partial charge in [0.15, 0.2) is 0 Å². The molecule has 0 radical (unpaired) electrons. The molecule has 1 aliphatic heterocycles. The smallest absolute Gasteiger partial charge is 0.410 e. The fourth-order valence-electron chi connectivity index (χ4n) is 3.49. The van der Waals surface area contributed by atoms with Crippen molar-refractivity contribution in [3.05, 3.63) is 35.5 Å². The van der Waals surface area contributed by atoms with E-state index in [9.17, 15) is 9.59 Å². The number of likely N-dealkylation sites (tertiary alicyclic amines) is 1. The number of hydrogen-bond donors (Lipinski definition) is 2. The summed E-state index contributed by atoms with van der Waals surface area (Å²) in [6, 6.07) is 6.15. The Morgan fingerprint density at radius 2 is 2.11 bits per heavy atom. The lowest BCUT2D eigenvalue weighted by atomic mass is 10.0. The minimum Gasteiger partial charge on any atom is -0.444 e. The Balaban J connectivity index is 1.58. The highest BCUT2D eigenvalue weighted by molar-refractivity contribution is 5.89. The molecule has 0 unspecified atom stereocenters. The van der Waals surface area contributed by atoms with Crippen molar-refractivity contribution in [2.45, 2.75) is 58.6 Å². The van der Waals surface area contributed by atoms with E-state index in [4.69, 9.17) is 4.74 Å². The predicted molar refractivity (Wildman–Crippen MR) is 106 cm³/mol. The topological polar surface area (TPSA) is 74.4 Å². The molecule has 2 heterocycles. The van der Waals surface area contributed by atoms with Crippen molar-refractivity contribution in [2.75, 3.05) is 13.1 Å². The molecule has 2 amide bonds. The van der Waals surface area contributed by atoms with Gasteiger partial charge in [-0.3, -0.25) is 4.79 Å². The summed E-state index contributed by atoms with van der Waals surface area (Å²) in [5, 5.41) is 4.16. The van der Waals surface area contributed by atoms with Gasteiger partial charge in [-0.1, -0.05) is 12.1 Å². The van der Waals surface area contributed by atoms with E-state index in [1.807, 2.05) is 33.9 Å². The van der Waals surface area contributed by atoms with Crippen molar-refractivity contribution in [2.24, 2.45) is 0 Å². The Bertz CT molecular complexity index is 835. The maximum Gasteiger partial charge on any atom is 0.410 e. The molecule has 146 valence electrons. The molecule has 0 spiro atoms. The quantitative estimate of drug-likeness (QED) is 0.867.